The molecule has 0 saturated carbocycles. The number of hydrogen-bond acceptors (Lipinski definition) is 4. The van der Waals surface area contributed by atoms with Gasteiger partial charge in [0, 0.05) is 28.6 Å². The van der Waals surface area contributed by atoms with Crippen molar-refractivity contribution >= 4 is 34.2 Å². The summed E-state index contributed by atoms with van der Waals surface area (Å²) in [6, 6.07) is 7.88. The van der Waals surface area contributed by atoms with Crippen molar-refractivity contribution in [1.29, 1.82) is 0 Å². The fraction of sp³-hybridized carbons (Fsp3) is 0.111. The fourth-order valence-corrected chi connectivity index (χ4v) is 2.77. The molecule has 1 heterocycles. The van der Waals surface area contributed by atoms with Crippen LogP contribution in [0.25, 0.3) is 10.9 Å². The number of ether oxygens (including phenoxy) is 1. The average molecular weight is 379 g/mol. The number of hydrogen-bond donors (Lipinski definition) is 2. The molecule has 2 N–H and O–H groups in total. The van der Waals surface area contributed by atoms with Gasteiger partial charge in [0.1, 0.15) is 17.2 Å². The Hall–Kier alpha value is -2.93. The van der Waals surface area contributed by atoms with Gasteiger partial charge in [-0.05, 0) is 24.3 Å². The van der Waals surface area contributed by atoms with Crippen LogP contribution in [0.4, 0.5) is 14.5 Å². The molecule has 0 aliphatic carbocycles. The molecule has 0 atom stereocenters. The number of rotatable bonds is 4. The largest absolute Gasteiger partial charge is 0.465 e. The zero-order valence-corrected chi connectivity index (χ0v) is 14.3. The van der Waals surface area contributed by atoms with Crippen molar-refractivity contribution in [3.05, 3.63) is 74.5 Å². The lowest BCUT2D eigenvalue weighted by atomic mass is 10.1. The molecule has 0 aliphatic heterocycles. The van der Waals surface area contributed by atoms with E-state index in [-0.39, 0.29) is 23.4 Å². The minimum absolute atomic E-state index is 0.0822. The molecule has 0 radical (unpaired) electrons. The summed E-state index contributed by atoms with van der Waals surface area (Å²) in [5, 5.41) is 3.72. The van der Waals surface area contributed by atoms with Gasteiger partial charge in [-0.2, -0.15) is 0 Å². The van der Waals surface area contributed by atoms with Crippen LogP contribution in [0.3, 0.4) is 0 Å². The number of methoxy groups -OCH3 is 1. The summed E-state index contributed by atoms with van der Waals surface area (Å²) < 4.78 is 31.6. The number of nitrogens with one attached hydrogen (secondary N) is 2. The summed E-state index contributed by atoms with van der Waals surface area (Å²) in [6.45, 7) is -0.0822. The lowest BCUT2D eigenvalue weighted by Gasteiger charge is -2.14. The molecule has 26 heavy (non-hydrogen) atoms. The van der Waals surface area contributed by atoms with Crippen LogP contribution in [0, 0.1) is 11.6 Å². The zero-order valence-electron chi connectivity index (χ0n) is 13.5. The van der Waals surface area contributed by atoms with E-state index >= 15 is 0 Å². The Balaban J connectivity index is 2.13. The summed E-state index contributed by atoms with van der Waals surface area (Å²) in [6.07, 6.45) is 0. The molecule has 0 spiro atoms. The highest BCUT2D eigenvalue weighted by atomic mass is 35.5. The van der Waals surface area contributed by atoms with Crippen molar-refractivity contribution in [2.75, 3.05) is 12.4 Å². The van der Waals surface area contributed by atoms with E-state index in [2.05, 4.69) is 15.0 Å². The van der Waals surface area contributed by atoms with Crippen molar-refractivity contribution in [2.24, 2.45) is 0 Å². The Morgan fingerprint density at radius 2 is 2.00 bits per heavy atom. The van der Waals surface area contributed by atoms with Gasteiger partial charge in [-0.25, -0.2) is 13.6 Å². The molecule has 3 rings (SSSR count). The molecule has 0 fully saturated rings. The first kappa shape index (κ1) is 17.9. The molecule has 1 aromatic heterocycles. The molecular formula is C18H13ClF2N2O3. The van der Waals surface area contributed by atoms with Gasteiger partial charge < -0.3 is 15.0 Å². The third-order valence-electron chi connectivity index (χ3n) is 3.84. The maximum atomic E-state index is 13.9. The standard InChI is InChI=1S/C18H13ClF2N2O3/c1-26-18(25)15-16(22-8-9-2-4-11(20)7-13(9)21)12-6-10(19)3-5-14(12)23-17(15)24/h2-7H,8H2,1H3,(H2,22,23,24). The monoisotopic (exact) mass is 378 g/mol. The van der Waals surface area contributed by atoms with Gasteiger partial charge >= 0.3 is 5.97 Å². The van der Waals surface area contributed by atoms with Crippen LogP contribution in [-0.4, -0.2) is 18.1 Å². The SMILES string of the molecule is COC(=O)c1c(NCc2ccc(F)cc2F)c2cc(Cl)ccc2[nH]c1=O. The highest BCUT2D eigenvalue weighted by Gasteiger charge is 2.20. The normalized spacial score (nSPS) is 10.8. The second-order valence-corrected chi connectivity index (χ2v) is 5.91. The molecule has 0 unspecified atom stereocenters. The number of H-pyrrole nitrogens is 1. The summed E-state index contributed by atoms with van der Waals surface area (Å²) in [5.74, 6) is -2.30. The number of esters is 1. The Kier molecular flexibility index (Phi) is 4.90. The van der Waals surface area contributed by atoms with Crippen molar-refractivity contribution in [1.82, 2.24) is 4.98 Å². The highest BCUT2D eigenvalue weighted by molar-refractivity contribution is 6.31. The van der Waals surface area contributed by atoms with E-state index in [9.17, 15) is 18.4 Å². The van der Waals surface area contributed by atoms with Crippen molar-refractivity contribution in [3.63, 3.8) is 0 Å². The van der Waals surface area contributed by atoms with Gasteiger partial charge in [0.05, 0.1) is 18.3 Å². The quantitative estimate of drug-likeness (QED) is 0.676. The molecule has 0 amide bonds. The number of halogens is 3. The summed E-state index contributed by atoms with van der Waals surface area (Å²) in [7, 11) is 1.15. The Morgan fingerprint density at radius 3 is 2.69 bits per heavy atom. The van der Waals surface area contributed by atoms with Crippen molar-refractivity contribution in [3.8, 4) is 0 Å². The van der Waals surface area contributed by atoms with E-state index in [1.165, 1.54) is 6.07 Å². The van der Waals surface area contributed by atoms with Crippen molar-refractivity contribution in [2.45, 2.75) is 6.54 Å². The number of fused-ring (bicyclic) bond motifs is 1. The predicted molar refractivity (Wildman–Crippen MR) is 94.6 cm³/mol. The van der Waals surface area contributed by atoms with Crippen LogP contribution in [0.5, 0.6) is 0 Å². The van der Waals surface area contributed by atoms with Crippen LogP contribution in [0.15, 0.2) is 41.2 Å². The van der Waals surface area contributed by atoms with Gasteiger partial charge in [0.2, 0.25) is 0 Å². The summed E-state index contributed by atoms with van der Waals surface area (Å²) in [5.41, 5.74) is -0.160. The average Bonchev–Trinajstić information content (AvgIpc) is 2.60. The molecule has 0 bridgehead atoms. The first-order chi connectivity index (χ1) is 12.4. The Labute approximate surface area is 151 Å². The van der Waals surface area contributed by atoms with Gasteiger partial charge in [0.15, 0.2) is 0 Å². The molecule has 3 aromatic rings. The van der Waals surface area contributed by atoms with Gasteiger partial charge in [-0.15, -0.1) is 0 Å². The van der Waals surface area contributed by atoms with E-state index in [0.717, 1.165) is 19.2 Å². The summed E-state index contributed by atoms with van der Waals surface area (Å²) in [4.78, 5) is 27.0. The van der Waals surface area contributed by atoms with E-state index < -0.39 is 23.2 Å². The van der Waals surface area contributed by atoms with Gasteiger partial charge in [0.25, 0.3) is 5.56 Å². The van der Waals surface area contributed by atoms with Crippen molar-refractivity contribution < 1.29 is 18.3 Å². The second kappa shape index (κ2) is 7.13. The molecule has 0 aliphatic rings. The minimum Gasteiger partial charge on any atom is -0.465 e. The summed E-state index contributed by atoms with van der Waals surface area (Å²) >= 11 is 6.02. The maximum absolute atomic E-state index is 13.9. The molecule has 0 saturated heterocycles. The van der Waals surface area contributed by atoms with E-state index in [1.807, 2.05) is 0 Å². The first-order valence-electron chi connectivity index (χ1n) is 7.52. The van der Waals surface area contributed by atoms with Crippen LogP contribution in [0.1, 0.15) is 15.9 Å². The number of carbonyl (C=O) groups is 1. The van der Waals surface area contributed by atoms with Crippen LogP contribution >= 0.6 is 11.6 Å². The predicted octanol–water partition coefficient (Wildman–Crippen LogP) is 3.86. The topological polar surface area (TPSA) is 71.2 Å². The molecule has 8 heteroatoms. The van der Waals surface area contributed by atoms with Crippen LogP contribution in [-0.2, 0) is 11.3 Å². The third-order valence-corrected chi connectivity index (χ3v) is 4.07. The van der Waals surface area contributed by atoms with E-state index in [1.54, 1.807) is 18.2 Å². The minimum atomic E-state index is -0.852. The lowest BCUT2D eigenvalue weighted by Crippen LogP contribution is -2.22. The Bertz CT molecular complexity index is 1070. The number of aromatic nitrogens is 1. The molecule has 5 nitrogen and oxygen atoms in total. The molecule has 134 valence electrons. The van der Waals surface area contributed by atoms with E-state index in [4.69, 9.17) is 11.6 Å². The van der Waals surface area contributed by atoms with Crippen LogP contribution in [0.2, 0.25) is 5.02 Å². The maximum Gasteiger partial charge on any atom is 0.345 e. The number of aromatic amines is 1. The third kappa shape index (κ3) is 3.39. The van der Waals surface area contributed by atoms with E-state index in [0.29, 0.717) is 15.9 Å². The van der Waals surface area contributed by atoms with Crippen LogP contribution < -0.4 is 10.9 Å². The highest BCUT2D eigenvalue weighted by Crippen LogP contribution is 2.28. The van der Waals surface area contributed by atoms with Gasteiger partial charge in [-0.3, -0.25) is 4.79 Å². The smallest absolute Gasteiger partial charge is 0.345 e. The lowest BCUT2D eigenvalue weighted by molar-refractivity contribution is 0.0600. The fourth-order valence-electron chi connectivity index (χ4n) is 2.59. The molecular weight excluding hydrogens is 366 g/mol. The second-order valence-electron chi connectivity index (χ2n) is 5.47. The van der Waals surface area contributed by atoms with Gasteiger partial charge in [-0.1, -0.05) is 17.7 Å². The number of anilines is 1. The Morgan fingerprint density at radius 1 is 1.23 bits per heavy atom. The zero-order chi connectivity index (χ0) is 18.8. The number of pyridine rings is 1. The number of benzene rings is 2. The number of carbonyl (C=O) groups excluding carboxylic acids is 1. The first-order valence-corrected chi connectivity index (χ1v) is 7.90. The molecule has 2 aromatic carbocycles.